The van der Waals surface area contributed by atoms with Crippen LogP contribution in [0, 0.1) is 6.92 Å². The van der Waals surface area contributed by atoms with Crippen molar-refractivity contribution in [1.29, 1.82) is 0 Å². The second-order valence-corrected chi connectivity index (χ2v) is 3.74. The van der Waals surface area contributed by atoms with Crippen molar-refractivity contribution in [3.63, 3.8) is 0 Å². The van der Waals surface area contributed by atoms with Crippen LogP contribution in [0.1, 0.15) is 11.3 Å². The van der Waals surface area contributed by atoms with Crippen LogP contribution in [-0.4, -0.2) is 5.16 Å². The molecular weight excluding hydrogens is 242 g/mol. The number of rotatable bonds is 2. The van der Waals surface area contributed by atoms with Gasteiger partial charge in [-0.05, 0) is 6.92 Å². The minimum atomic E-state index is 0.700. The molecule has 0 aliphatic carbocycles. The molecule has 0 saturated heterocycles. The molecule has 2 nitrogen and oxygen atoms in total. The van der Waals surface area contributed by atoms with Gasteiger partial charge >= 0.3 is 0 Å². The van der Waals surface area contributed by atoms with Gasteiger partial charge in [-0.15, -0.1) is 0 Å². The highest BCUT2D eigenvalue weighted by Gasteiger charge is 2.04. The summed E-state index contributed by atoms with van der Waals surface area (Å²) in [5.41, 5.74) is 3.23. The van der Waals surface area contributed by atoms with E-state index in [-0.39, 0.29) is 0 Å². The summed E-state index contributed by atoms with van der Waals surface area (Å²) in [6, 6.07) is 10.2. The number of alkyl halides is 1. The van der Waals surface area contributed by atoms with E-state index in [9.17, 15) is 0 Å². The third-order valence-corrected chi connectivity index (χ3v) is 2.59. The number of hydrogen-bond donors (Lipinski definition) is 0. The monoisotopic (exact) mass is 251 g/mol. The number of aromatic nitrogens is 1. The summed E-state index contributed by atoms with van der Waals surface area (Å²) in [5, 5.41) is 4.68. The molecular formula is C11H10BrNO. The van der Waals surface area contributed by atoms with E-state index in [0.29, 0.717) is 5.33 Å². The predicted octanol–water partition coefficient (Wildman–Crippen LogP) is 3.54. The zero-order chi connectivity index (χ0) is 9.97. The average molecular weight is 252 g/mol. The van der Waals surface area contributed by atoms with Crippen LogP contribution < -0.4 is 0 Å². The van der Waals surface area contributed by atoms with E-state index in [4.69, 9.17) is 4.52 Å². The van der Waals surface area contributed by atoms with Crippen LogP contribution >= 0.6 is 15.9 Å². The van der Waals surface area contributed by atoms with Gasteiger partial charge in [0.2, 0.25) is 0 Å². The van der Waals surface area contributed by atoms with Crippen LogP contribution in [0.15, 0.2) is 34.9 Å². The van der Waals surface area contributed by atoms with Crippen LogP contribution in [0.3, 0.4) is 0 Å². The lowest BCUT2D eigenvalue weighted by Gasteiger charge is -1.95. The van der Waals surface area contributed by atoms with Gasteiger partial charge in [0.1, 0.15) is 11.5 Å². The Hall–Kier alpha value is -1.09. The smallest absolute Gasteiger partial charge is 0.147 e. The molecule has 1 heterocycles. The Morgan fingerprint density at radius 2 is 2.00 bits per heavy atom. The highest BCUT2D eigenvalue weighted by atomic mass is 79.9. The fourth-order valence-electron chi connectivity index (χ4n) is 1.24. The van der Waals surface area contributed by atoms with Crippen LogP contribution in [-0.2, 0) is 5.33 Å². The lowest BCUT2D eigenvalue weighted by molar-refractivity contribution is 0.398. The Morgan fingerprint density at radius 3 is 2.57 bits per heavy atom. The SMILES string of the molecule is Cc1ccc(-c2cc(CBr)on2)cc1. The fourth-order valence-corrected chi connectivity index (χ4v) is 1.50. The summed E-state index contributed by atoms with van der Waals surface area (Å²) < 4.78 is 5.10. The molecule has 2 rings (SSSR count). The number of benzene rings is 1. The highest BCUT2D eigenvalue weighted by molar-refractivity contribution is 9.08. The summed E-state index contributed by atoms with van der Waals surface area (Å²) in [7, 11) is 0. The maximum absolute atomic E-state index is 5.10. The third-order valence-electron chi connectivity index (χ3n) is 2.04. The van der Waals surface area contributed by atoms with Crippen LogP contribution in [0.5, 0.6) is 0 Å². The van der Waals surface area contributed by atoms with Gasteiger partial charge in [0.05, 0.1) is 5.33 Å². The second-order valence-electron chi connectivity index (χ2n) is 3.18. The topological polar surface area (TPSA) is 26.0 Å². The molecule has 2 aromatic rings. The summed E-state index contributed by atoms with van der Waals surface area (Å²) in [6.45, 7) is 2.07. The van der Waals surface area contributed by atoms with Crippen molar-refractivity contribution in [1.82, 2.24) is 5.16 Å². The van der Waals surface area contributed by atoms with Gasteiger partial charge < -0.3 is 4.52 Å². The number of hydrogen-bond acceptors (Lipinski definition) is 2. The summed E-state index contributed by atoms with van der Waals surface area (Å²) in [4.78, 5) is 0. The van der Waals surface area contributed by atoms with Gasteiger partial charge in [-0.25, -0.2) is 0 Å². The van der Waals surface area contributed by atoms with E-state index >= 15 is 0 Å². The first-order valence-corrected chi connectivity index (χ1v) is 5.50. The Labute approximate surface area is 91.1 Å². The normalized spacial score (nSPS) is 10.4. The number of nitrogens with zero attached hydrogens (tertiary/aromatic N) is 1. The predicted molar refractivity (Wildman–Crippen MR) is 59.3 cm³/mol. The van der Waals surface area contributed by atoms with E-state index < -0.39 is 0 Å². The molecule has 14 heavy (non-hydrogen) atoms. The van der Waals surface area contributed by atoms with E-state index in [2.05, 4.69) is 40.1 Å². The Kier molecular flexibility index (Phi) is 2.68. The lowest BCUT2D eigenvalue weighted by atomic mass is 10.1. The maximum Gasteiger partial charge on any atom is 0.147 e. The molecule has 0 aliphatic heterocycles. The van der Waals surface area contributed by atoms with E-state index in [0.717, 1.165) is 17.0 Å². The molecule has 0 unspecified atom stereocenters. The minimum Gasteiger partial charge on any atom is -0.360 e. The molecule has 1 aromatic heterocycles. The minimum absolute atomic E-state index is 0.700. The fraction of sp³-hybridized carbons (Fsp3) is 0.182. The highest BCUT2D eigenvalue weighted by Crippen LogP contribution is 2.20. The third kappa shape index (κ3) is 1.87. The van der Waals surface area contributed by atoms with E-state index in [1.165, 1.54) is 5.56 Å². The summed E-state index contributed by atoms with van der Waals surface area (Å²) in [6.07, 6.45) is 0. The number of aryl methyl sites for hydroxylation is 1. The largest absolute Gasteiger partial charge is 0.360 e. The maximum atomic E-state index is 5.10. The van der Waals surface area contributed by atoms with Crippen molar-refractivity contribution in [2.45, 2.75) is 12.3 Å². The van der Waals surface area contributed by atoms with Crippen LogP contribution in [0.2, 0.25) is 0 Å². The zero-order valence-corrected chi connectivity index (χ0v) is 9.41. The van der Waals surface area contributed by atoms with Crippen molar-refractivity contribution in [2.24, 2.45) is 0 Å². The lowest BCUT2D eigenvalue weighted by Crippen LogP contribution is -1.76. The van der Waals surface area contributed by atoms with Crippen molar-refractivity contribution < 1.29 is 4.52 Å². The Bertz CT molecular complexity index is 419. The molecule has 1 aromatic carbocycles. The summed E-state index contributed by atoms with van der Waals surface area (Å²) in [5.74, 6) is 0.848. The molecule has 0 N–H and O–H groups in total. The van der Waals surface area contributed by atoms with Gasteiger partial charge in [0.15, 0.2) is 0 Å². The van der Waals surface area contributed by atoms with E-state index in [1.807, 2.05) is 18.2 Å². The molecule has 0 fully saturated rings. The number of halogens is 1. The Balaban J connectivity index is 2.34. The van der Waals surface area contributed by atoms with Gasteiger partial charge in [-0.1, -0.05) is 50.9 Å². The van der Waals surface area contributed by atoms with Gasteiger partial charge in [0, 0.05) is 11.6 Å². The quantitative estimate of drug-likeness (QED) is 0.764. The average Bonchev–Trinajstić information content (AvgIpc) is 2.67. The van der Waals surface area contributed by atoms with Crippen molar-refractivity contribution in [3.8, 4) is 11.3 Å². The first-order valence-electron chi connectivity index (χ1n) is 4.38. The first-order chi connectivity index (χ1) is 6.79. The second kappa shape index (κ2) is 3.96. The Morgan fingerprint density at radius 1 is 1.29 bits per heavy atom. The van der Waals surface area contributed by atoms with Gasteiger partial charge in [0.25, 0.3) is 0 Å². The summed E-state index contributed by atoms with van der Waals surface area (Å²) >= 11 is 3.32. The molecule has 0 spiro atoms. The first kappa shape index (κ1) is 9.46. The molecule has 3 heteroatoms. The molecule has 72 valence electrons. The zero-order valence-electron chi connectivity index (χ0n) is 7.83. The standard InChI is InChI=1S/C11H10BrNO/c1-8-2-4-9(5-3-8)11-6-10(7-12)14-13-11/h2-6H,7H2,1H3. The van der Waals surface area contributed by atoms with Crippen LogP contribution in [0.4, 0.5) is 0 Å². The van der Waals surface area contributed by atoms with Gasteiger partial charge in [-0.2, -0.15) is 0 Å². The van der Waals surface area contributed by atoms with Crippen molar-refractivity contribution >= 4 is 15.9 Å². The molecule has 0 bridgehead atoms. The van der Waals surface area contributed by atoms with Crippen molar-refractivity contribution in [2.75, 3.05) is 0 Å². The molecule has 0 atom stereocenters. The van der Waals surface area contributed by atoms with Crippen molar-refractivity contribution in [3.05, 3.63) is 41.7 Å². The molecule has 0 amide bonds. The van der Waals surface area contributed by atoms with E-state index in [1.54, 1.807) is 0 Å². The van der Waals surface area contributed by atoms with Gasteiger partial charge in [-0.3, -0.25) is 0 Å². The molecule has 0 aliphatic rings. The molecule has 0 radical (unpaired) electrons. The molecule has 0 saturated carbocycles. The van der Waals surface area contributed by atoms with Crippen LogP contribution in [0.25, 0.3) is 11.3 Å².